The molecule has 0 aromatic rings. The Kier molecular flexibility index (Phi) is 15.4. The summed E-state index contributed by atoms with van der Waals surface area (Å²) in [5.41, 5.74) is -1.04. The van der Waals surface area contributed by atoms with Crippen molar-refractivity contribution in [2.45, 2.75) is 98.1 Å². The van der Waals surface area contributed by atoms with Crippen LogP contribution >= 0.6 is 0 Å². The van der Waals surface area contributed by atoms with Crippen molar-refractivity contribution < 1.29 is 29.3 Å². The number of aliphatic hydroxyl groups excluding tert-OH is 4. The molecular formula is C25H56O6Si2. The molecule has 0 aliphatic heterocycles. The molecule has 0 saturated carbocycles. The first-order valence-electron chi connectivity index (χ1n) is 13.0. The summed E-state index contributed by atoms with van der Waals surface area (Å²) >= 11 is 0. The van der Waals surface area contributed by atoms with Crippen LogP contribution in [-0.4, -0.2) is 76.7 Å². The van der Waals surface area contributed by atoms with Crippen LogP contribution in [0, 0.1) is 22.7 Å². The summed E-state index contributed by atoms with van der Waals surface area (Å²) in [6, 6.07) is 2.17. The van der Waals surface area contributed by atoms with Gasteiger partial charge in [-0.1, -0.05) is 47.0 Å². The van der Waals surface area contributed by atoms with E-state index >= 15 is 0 Å². The van der Waals surface area contributed by atoms with Gasteiger partial charge in [0, 0.05) is 24.0 Å². The first-order valence-corrected chi connectivity index (χ1v) is 19.2. The zero-order chi connectivity index (χ0) is 25.8. The molecule has 6 nitrogen and oxygen atoms in total. The standard InChI is InChI=1S/C25H56O6Si2/c1-9-24(16-26,17-27)20-30-32(5,6)14-22(3)12-11-13-23(4)15-33(7,8)31-21-25(10-2,18-28)19-29/h22-23,26-29H,9-21H2,1-8H3. The Morgan fingerprint density at radius 2 is 0.939 bits per heavy atom. The van der Waals surface area contributed by atoms with Crippen molar-refractivity contribution in [3.8, 4) is 0 Å². The van der Waals surface area contributed by atoms with E-state index in [1.807, 2.05) is 13.8 Å². The fourth-order valence-electron chi connectivity index (χ4n) is 4.45. The summed E-state index contributed by atoms with van der Waals surface area (Å²) in [6.07, 6.45) is 4.97. The molecule has 4 N–H and O–H groups in total. The van der Waals surface area contributed by atoms with Gasteiger partial charge in [0.2, 0.25) is 0 Å². The van der Waals surface area contributed by atoms with Gasteiger partial charge in [-0.2, -0.15) is 0 Å². The lowest BCUT2D eigenvalue weighted by Crippen LogP contribution is -2.41. The lowest BCUT2D eigenvalue weighted by molar-refractivity contribution is 0.00814. The Bertz CT molecular complexity index is 447. The van der Waals surface area contributed by atoms with E-state index in [0.29, 0.717) is 37.9 Å². The van der Waals surface area contributed by atoms with Crippen molar-refractivity contribution in [2.75, 3.05) is 39.6 Å². The highest BCUT2D eigenvalue weighted by molar-refractivity contribution is 6.71. The first-order chi connectivity index (χ1) is 15.3. The third-order valence-electron chi connectivity index (χ3n) is 7.45. The molecule has 0 aliphatic rings. The molecule has 0 aliphatic carbocycles. The van der Waals surface area contributed by atoms with Gasteiger partial charge in [-0.15, -0.1) is 0 Å². The van der Waals surface area contributed by atoms with Crippen LogP contribution in [0.15, 0.2) is 0 Å². The minimum atomic E-state index is -1.86. The third-order valence-corrected chi connectivity index (χ3v) is 12.7. The molecule has 0 saturated heterocycles. The van der Waals surface area contributed by atoms with Crippen molar-refractivity contribution in [1.29, 1.82) is 0 Å². The highest BCUT2D eigenvalue weighted by Crippen LogP contribution is 2.30. The zero-order valence-corrected chi connectivity index (χ0v) is 25.0. The monoisotopic (exact) mass is 508 g/mol. The van der Waals surface area contributed by atoms with Crippen LogP contribution in [0.3, 0.4) is 0 Å². The Hall–Kier alpha value is 0.194. The van der Waals surface area contributed by atoms with Crippen LogP contribution in [0.25, 0.3) is 0 Å². The Balaban J connectivity index is 4.45. The van der Waals surface area contributed by atoms with Gasteiger partial charge >= 0.3 is 0 Å². The molecule has 0 bridgehead atoms. The van der Waals surface area contributed by atoms with Gasteiger partial charge in [0.15, 0.2) is 16.6 Å². The van der Waals surface area contributed by atoms with Gasteiger partial charge in [0.05, 0.1) is 26.4 Å². The predicted molar refractivity (Wildman–Crippen MR) is 142 cm³/mol. The van der Waals surface area contributed by atoms with Crippen LogP contribution in [0.5, 0.6) is 0 Å². The molecule has 200 valence electrons. The predicted octanol–water partition coefficient (Wildman–Crippen LogP) is 4.63. The summed E-state index contributed by atoms with van der Waals surface area (Å²) in [7, 11) is -3.71. The molecule has 0 spiro atoms. The molecule has 0 aromatic carbocycles. The molecule has 0 rings (SSSR count). The second kappa shape index (κ2) is 15.3. The molecule has 0 radical (unpaired) electrons. The van der Waals surface area contributed by atoms with Gasteiger partial charge in [0.1, 0.15) is 0 Å². The fourth-order valence-corrected chi connectivity index (χ4v) is 9.84. The topological polar surface area (TPSA) is 99.4 Å². The van der Waals surface area contributed by atoms with Crippen molar-refractivity contribution in [3.63, 3.8) is 0 Å². The molecule has 2 atom stereocenters. The molecule has 2 unspecified atom stereocenters. The average Bonchev–Trinajstić information content (AvgIpc) is 2.75. The molecular weight excluding hydrogens is 452 g/mol. The average molecular weight is 509 g/mol. The van der Waals surface area contributed by atoms with Crippen LogP contribution in [0.4, 0.5) is 0 Å². The van der Waals surface area contributed by atoms with Crippen molar-refractivity contribution in [3.05, 3.63) is 0 Å². The zero-order valence-electron chi connectivity index (χ0n) is 23.0. The molecule has 0 aromatic heterocycles. The minimum absolute atomic E-state index is 0.0409. The lowest BCUT2D eigenvalue weighted by atomic mass is 9.88. The molecule has 8 heteroatoms. The first kappa shape index (κ1) is 33.2. The molecule has 0 fully saturated rings. The number of hydrogen-bond donors (Lipinski definition) is 4. The van der Waals surface area contributed by atoms with Crippen LogP contribution in [0.1, 0.15) is 59.8 Å². The summed E-state index contributed by atoms with van der Waals surface area (Å²) in [4.78, 5) is 0. The van der Waals surface area contributed by atoms with Gasteiger partial charge in [-0.05, 0) is 63.0 Å². The number of rotatable bonds is 20. The van der Waals surface area contributed by atoms with Crippen molar-refractivity contribution in [1.82, 2.24) is 0 Å². The van der Waals surface area contributed by atoms with E-state index < -0.39 is 27.5 Å². The van der Waals surface area contributed by atoms with Crippen molar-refractivity contribution in [2.24, 2.45) is 22.7 Å². The SMILES string of the molecule is CCC(CO)(CO)CO[Si](C)(C)CC(C)CCCC(C)C[Si](C)(C)OCC(CC)(CO)CO. The van der Waals surface area contributed by atoms with Crippen molar-refractivity contribution >= 4 is 16.6 Å². The van der Waals surface area contributed by atoms with E-state index in [1.54, 1.807) is 0 Å². The summed E-state index contributed by atoms with van der Waals surface area (Å²) in [5, 5.41) is 38.6. The smallest absolute Gasteiger partial charge is 0.187 e. The molecule has 0 heterocycles. The minimum Gasteiger partial charge on any atom is -0.417 e. The third kappa shape index (κ3) is 12.6. The highest BCUT2D eigenvalue weighted by Gasteiger charge is 2.34. The normalized spacial score (nSPS) is 15.6. The van der Waals surface area contributed by atoms with E-state index in [4.69, 9.17) is 8.85 Å². The highest BCUT2D eigenvalue weighted by atomic mass is 28.4. The van der Waals surface area contributed by atoms with Crippen LogP contribution < -0.4 is 0 Å². The van der Waals surface area contributed by atoms with E-state index in [1.165, 1.54) is 19.3 Å². The van der Waals surface area contributed by atoms with Gasteiger partial charge in [-0.25, -0.2) is 0 Å². The largest absolute Gasteiger partial charge is 0.417 e. The Morgan fingerprint density at radius 1 is 0.636 bits per heavy atom. The van der Waals surface area contributed by atoms with Crippen LogP contribution in [-0.2, 0) is 8.85 Å². The molecule has 0 amide bonds. The van der Waals surface area contributed by atoms with Gasteiger partial charge in [0.25, 0.3) is 0 Å². The van der Waals surface area contributed by atoms with E-state index in [2.05, 4.69) is 40.0 Å². The second-order valence-corrected chi connectivity index (χ2v) is 20.4. The summed E-state index contributed by atoms with van der Waals surface area (Å²) in [6.45, 7) is 18.3. The van der Waals surface area contributed by atoms with Gasteiger partial charge in [-0.3, -0.25) is 0 Å². The maximum absolute atomic E-state index is 9.66. The second-order valence-electron chi connectivity index (χ2n) is 12.0. The number of aliphatic hydroxyl groups is 4. The van der Waals surface area contributed by atoms with Crippen LogP contribution in [0.2, 0.25) is 38.3 Å². The quantitative estimate of drug-likeness (QED) is 0.179. The summed E-state index contributed by atoms with van der Waals surface area (Å²) < 4.78 is 12.6. The van der Waals surface area contributed by atoms with E-state index in [-0.39, 0.29) is 26.4 Å². The Morgan fingerprint density at radius 3 is 1.18 bits per heavy atom. The van der Waals surface area contributed by atoms with E-state index in [0.717, 1.165) is 12.1 Å². The Labute approximate surface area is 206 Å². The molecule has 33 heavy (non-hydrogen) atoms. The fraction of sp³-hybridized carbons (Fsp3) is 1.00. The van der Waals surface area contributed by atoms with E-state index in [9.17, 15) is 20.4 Å². The lowest BCUT2D eigenvalue weighted by Gasteiger charge is -2.34. The number of hydrogen-bond acceptors (Lipinski definition) is 6. The summed E-state index contributed by atoms with van der Waals surface area (Å²) in [5.74, 6) is 1.19. The maximum atomic E-state index is 9.66. The van der Waals surface area contributed by atoms with Gasteiger partial charge < -0.3 is 29.3 Å². The maximum Gasteiger partial charge on any atom is 0.187 e.